The summed E-state index contributed by atoms with van der Waals surface area (Å²) in [6.45, 7) is 0.502. The standard InChI is InChI=1S/C16H20F2N8O2/c1-24-12-6-10(2-4-25-7-16(17,18)8-25)23-26(12)5-3-11(15(24)28)21-14(27)13-19-9-20-22-13/h6,9,11H,2-5,7-8H2,1H3,(H,21,27)(H,19,20,22)/t11-/m1/s1. The van der Waals surface area contributed by atoms with Crippen molar-refractivity contribution in [3.05, 3.63) is 23.9 Å². The van der Waals surface area contributed by atoms with Gasteiger partial charge in [0, 0.05) is 32.6 Å². The maximum atomic E-state index is 12.9. The Bertz CT molecular complexity index is 873. The van der Waals surface area contributed by atoms with E-state index in [2.05, 4.69) is 25.6 Å². The van der Waals surface area contributed by atoms with Crippen molar-refractivity contribution in [1.29, 1.82) is 0 Å². The highest BCUT2D eigenvalue weighted by Gasteiger charge is 2.43. The SMILES string of the molecule is CN1C(=O)[C@H](NC(=O)c2nc[nH]n2)CCn2nc(CCN3CC(F)(F)C3)cc21. The van der Waals surface area contributed by atoms with Crippen LogP contribution in [0.15, 0.2) is 12.4 Å². The predicted molar refractivity (Wildman–Crippen MR) is 93.0 cm³/mol. The number of aryl methyl sites for hydroxylation is 1. The molecule has 2 aromatic heterocycles. The van der Waals surface area contributed by atoms with Crippen LogP contribution in [0.5, 0.6) is 0 Å². The maximum absolute atomic E-state index is 12.9. The van der Waals surface area contributed by atoms with Gasteiger partial charge in [0.25, 0.3) is 17.7 Å². The van der Waals surface area contributed by atoms with E-state index in [4.69, 9.17) is 0 Å². The number of likely N-dealkylation sites (N-methyl/N-ethyl adjacent to an activating group) is 1. The molecule has 2 aliphatic rings. The van der Waals surface area contributed by atoms with Crippen molar-refractivity contribution in [3.8, 4) is 0 Å². The Morgan fingerprint density at radius 3 is 2.89 bits per heavy atom. The Labute approximate surface area is 158 Å². The topological polar surface area (TPSA) is 112 Å². The van der Waals surface area contributed by atoms with Crippen LogP contribution in [0.4, 0.5) is 14.6 Å². The van der Waals surface area contributed by atoms with E-state index in [0.717, 1.165) is 5.69 Å². The van der Waals surface area contributed by atoms with E-state index >= 15 is 0 Å². The van der Waals surface area contributed by atoms with Gasteiger partial charge in [-0.3, -0.25) is 24.5 Å². The smallest absolute Gasteiger partial charge is 0.291 e. The minimum absolute atomic E-state index is 0.0312. The average molecular weight is 394 g/mol. The van der Waals surface area contributed by atoms with Crippen molar-refractivity contribution >= 4 is 17.6 Å². The lowest BCUT2D eigenvalue weighted by Crippen LogP contribution is -2.56. The van der Waals surface area contributed by atoms with E-state index in [1.54, 1.807) is 22.7 Å². The first kappa shape index (κ1) is 18.5. The number of fused-ring (bicyclic) bond motifs is 1. The van der Waals surface area contributed by atoms with Crippen LogP contribution >= 0.6 is 0 Å². The van der Waals surface area contributed by atoms with Crippen LogP contribution in [0.2, 0.25) is 0 Å². The average Bonchev–Trinajstić information content (AvgIpc) is 3.28. The Morgan fingerprint density at radius 1 is 1.43 bits per heavy atom. The summed E-state index contributed by atoms with van der Waals surface area (Å²) in [6.07, 6.45) is 2.18. The highest BCUT2D eigenvalue weighted by Crippen LogP contribution is 2.27. The third kappa shape index (κ3) is 3.59. The summed E-state index contributed by atoms with van der Waals surface area (Å²) in [7, 11) is 1.62. The zero-order valence-corrected chi connectivity index (χ0v) is 15.2. The predicted octanol–water partition coefficient (Wildman–Crippen LogP) is -0.340. The lowest BCUT2D eigenvalue weighted by atomic mass is 10.1. The Morgan fingerprint density at radius 2 is 2.21 bits per heavy atom. The molecule has 2 aliphatic heterocycles. The molecule has 0 unspecified atom stereocenters. The van der Waals surface area contributed by atoms with Gasteiger partial charge in [-0.05, 0) is 6.42 Å². The van der Waals surface area contributed by atoms with Gasteiger partial charge in [-0.25, -0.2) is 18.4 Å². The molecule has 0 aliphatic carbocycles. The number of aromatic nitrogens is 5. The van der Waals surface area contributed by atoms with Gasteiger partial charge in [-0.1, -0.05) is 0 Å². The number of hydrogen-bond acceptors (Lipinski definition) is 6. The maximum Gasteiger partial charge on any atom is 0.291 e. The van der Waals surface area contributed by atoms with Crippen molar-refractivity contribution in [2.45, 2.75) is 31.4 Å². The first-order chi connectivity index (χ1) is 13.3. The number of aromatic amines is 1. The molecule has 4 rings (SSSR count). The van der Waals surface area contributed by atoms with E-state index in [-0.39, 0.29) is 24.8 Å². The second kappa shape index (κ2) is 6.93. The van der Waals surface area contributed by atoms with Gasteiger partial charge in [0.2, 0.25) is 5.82 Å². The molecule has 150 valence electrons. The molecule has 10 nitrogen and oxygen atoms in total. The number of anilines is 1. The summed E-state index contributed by atoms with van der Waals surface area (Å²) in [6, 6.07) is 1.07. The molecule has 0 spiro atoms. The Balaban J connectivity index is 1.39. The molecule has 0 radical (unpaired) electrons. The molecule has 0 bridgehead atoms. The summed E-state index contributed by atoms with van der Waals surface area (Å²) < 4.78 is 27.5. The monoisotopic (exact) mass is 394 g/mol. The number of carbonyl (C=O) groups excluding carboxylic acids is 2. The van der Waals surface area contributed by atoms with Gasteiger partial charge in [-0.15, -0.1) is 5.10 Å². The van der Waals surface area contributed by atoms with Crippen molar-refractivity contribution in [2.24, 2.45) is 0 Å². The third-order valence-corrected chi connectivity index (χ3v) is 4.93. The van der Waals surface area contributed by atoms with Gasteiger partial charge in [0.1, 0.15) is 18.2 Å². The zero-order chi connectivity index (χ0) is 19.9. The molecule has 0 aromatic carbocycles. The number of carbonyl (C=O) groups is 2. The number of nitrogens with one attached hydrogen (secondary N) is 2. The lowest BCUT2D eigenvalue weighted by Gasteiger charge is -2.38. The molecule has 4 heterocycles. The summed E-state index contributed by atoms with van der Waals surface area (Å²) in [5.74, 6) is -2.79. The van der Waals surface area contributed by atoms with Crippen LogP contribution in [-0.2, 0) is 17.8 Å². The van der Waals surface area contributed by atoms with Gasteiger partial charge >= 0.3 is 0 Å². The first-order valence-electron chi connectivity index (χ1n) is 8.93. The van der Waals surface area contributed by atoms with Crippen molar-refractivity contribution in [2.75, 3.05) is 31.6 Å². The summed E-state index contributed by atoms with van der Waals surface area (Å²) in [4.78, 5) is 31.8. The normalized spacial score (nSPS) is 21.8. The number of H-pyrrole nitrogens is 1. The minimum atomic E-state index is -2.58. The number of rotatable bonds is 5. The van der Waals surface area contributed by atoms with Crippen LogP contribution in [0.1, 0.15) is 22.7 Å². The van der Waals surface area contributed by atoms with Crippen molar-refractivity contribution in [1.82, 2.24) is 35.2 Å². The molecule has 1 fully saturated rings. The molecular weight excluding hydrogens is 374 g/mol. The summed E-state index contributed by atoms with van der Waals surface area (Å²) in [5, 5.41) is 13.3. The molecule has 2 amide bonds. The van der Waals surface area contributed by atoms with Gasteiger partial charge in [0.05, 0.1) is 18.8 Å². The molecule has 2 aromatic rings. The van der Waals surface area contributed by atoms with Gasteiger partial charge < -0.3 is 5.32 Å². The fourth-order valence-corrected chi connectivity index (χ4v) is 3.45. The zero-order valence-electron chi connectivity index (χ0n) is 15.2. The van der Waals surface area contributed by atoms with Crippen molar-refractivity contribution in [3.63, 3.8) is 0 Å². The highest BCUT2D eigenvalue weighted by atomic mass is 19.3. The largest absolute Gasteiger partial charge is 0.337 e. The van der Waals surface area contributed by atoms with E-state index in [0.29, 0.717) is 31.7 Å². The quantitative estimate of drug-likeness (QED) is 0.718. The molecular formula is C16H20F2N8O2. The van der Waals surface area contributed by atoms with E-state index in [9.17, 15) is 18.4 Å². The molecule has 28 heavy (non-hydrogen) atoms. The van der Waals surface area contributed by atoms with Crippen LogP contribution in [0.25, 0.3) is 0 Å². The molecule has 1 atom stereocenters. The van der Waals surface area contributed by atoms with Crippen LogP contribution < -0.4 is 10.2 Å². The number of alkyl halides is 2. The van der Waals surface area contributed by atoms with E-state index in [1.807, 2.05) is 0 Å². The summed E-state index contributed by atoms with van der Waals surface area (Å²) >= 11 is 0. The Kier molecular flexibility index (Phi) is 4.57. The first-order valence-corrected chi connectivity index (χ1v) is 8.93. The fourth-order valence-electron chi connectivity index (χ4n) is 3.45. The second-order valence-electron chi connectivity index (χ2n) is 7.07. The summed E-state index contributed by atoms with van der Waals surface area (Å²) in [5.41, 5.74) is 0.744. The van der Waals surface area contributed by atoms with Crippen LogP contribution in [0.3, 0.4) is 0 Å². The molecule has 12 heteroatoms. The number of hydrogen-bond donors (Lipinski definition) is 2. The second-order valence-corrected chi connectivity index (χ2v) is 7.07. The minimum Gasteiger partial charge on any atom is -0.337 e. The van der Waals surface area contributed by atoms with Crippen LogP contribution in [0, 0.1) is 0 Å². The fraction of sp³-hybridized carbons (Fsp3) is 0.562. The van der Waals surface area contributed by atoms with Crippen LogP contribution in [-0.4, -0.2) is 80.3 Å². The number of likely N-dealkylation sites (tertiary alicyclic amines) is 1. The van der Waals surface area contributed by atoms with Crippen molar-refractivity contribution < 1.29 is 18.4 Å². The Hall–Kier alpha value is -2.89. The third-order valence-electron chi connectivity index (χ3n) is 4.93. The number of halogens is 2. The van der Waals surface area contributed by atoms with E-state index in [1.165, 1.54) is 11.2 Å². The van der Waals surface area contributed by atoms with Gasteiger partial charge in [0.15, 0.2) is 0 Å². The van der Waals surface area contributed by atoms with E-state index < -0.39 is 17.9 Å². The highest BCUT2D eigenvalue weighted by molar-refractivity contribution is 6.00. The molecule has 0 saturated carbocycles. The van der Waals surface area contributed by atoms with Gasteiger partial charge in [-0.2, -0.15) is 5.10 Å². The molecule has 2 N–H and O–H groups in total. The number of amides is 2. The molecule has 1 saturated heterocycles. The number of nitrogens with zero attached hydrogens (tertiary/aromatic N) is 6. The lowest BCUT2D eigenvalue weighted by molar-refractivity contribution is -0.129.